The van der Waals surface area contributed by atoms with E-state index in [-0.39, 0.29) is 5.97 Å². The number of fused-ring (bicyclic) bond motifs is 1. The van der Waals surface area contributed by atoms with Crippen molar-refractivity contribution in [2.75, 3.05) is 14.2 Å². The molecule has 1 aliphatic carbocycles. The fourth-order valence-corrected chi connectivity index (χ4v) is 2.42. The van der Waals surface area contributed by atoms with Crippen molar-refractivity contribution in [1.29, 1.82) is 0 Å². The van der Waals surface area contributed by atoms with Crippen molar-refractivity contribution < 1.29 is 9.53 Å². The zero-order chi connectivity index (χ0) is 11.6. The van der Waals surface area contributed by atoms with Crippen LogP contribution in [-0.4, -0.2) is 25.7 Å². The van der Waals surface area contributed by atoms with Crippen LogP contribution in [0.2, 0.25) is 0 Å². The average Bonchev–Trinajstić information content (AvgIpc) is 2.37. The van der Waals surface area contributed by atoms with Crippen LogP contribution in [0.25, 0.3) is 0 Å². The van der Waals surface area contributed by atoms with Crippen LogP contribution in [-0.2, 0) is 22.4 Å². The minimum Gasteiger partial charge on any atom is -0.468 e. The van der Waals surface area contributed by atoms with E-state index in [0.29, 0.717) is 6.42 Å². The number of benzene rings is 1. The molecule has 1 atom stereocenters. The molecule has 86 valence electrons. The molecule has 1 aromatic rings. The van der Waals surface area contributed by atoms with Gasteiger partial charge < -0.3 is 10.1 Å². The zero-order valence-electron chi connectivity index (χ0n) is 9.75. The van der Waals surface area contributed by atoms with Gasteiger partial charge in [0.1, 0.15) is 5.54 Å². The monoisotopic (exact) mass is 219 g/mol. The Bertz CT molecular complexity index is 403. The molecule has 0 saturated heterocycles. The first-order valence-corrected chi connectivity index (χ1v) is 5.56. The molecule has 1 aliphatic rings. The second kappa shape index (κ2) is 4.26. The van der Waals surface area contributed by atoms with Crippen molar-refractivity contribution in [3.63, 3.8) is 0 Å². The molecule has 1 aromatic carbocycles. The van der Waals surface area contributed by atoms with E-state index in [2.05, 4.69) is 17.4 Å². The molecule has 0 amide bonds. The summed E-state index contributed by atoms with van der Waals surface area (Å²) in [6.45, 7) is 0. The molecule has 0 saturated carbocycles. The predicted octanol–water partition coefficient (Wildman–Crippen LogP) is 1.31. The van der Waals surface area contributed by atoms with E-state index in [1.54, 1.807) is 0 Å². The van der Waals surface area contributed by atoms with E-state index in [0.717, 1.165) is 12.8 Å². The van der Waals surface area contributed by atoms with Crippen LogP contribution >= 0.6 is 0 Å². The maximum atomic E-state index is 11.8. The molecule has 0 heterocycles. The van der Waals surface area contributed by atoms with Gasteiger partial charge in [0, 0.05) is 6.42 Å². The predicted molar refractivity (Wildman–Crippen MR) is 62.3 cm³/mol. The minimum absolute atomic E-state index is 0.162. The quantitative estimate of drug-likeness (QED) is 0.762. The third-order valence-electron chi connectivity index (χ3n) is 3.49. The average molecular weight is 219 g/mol. The third kappa shape index (κ3) is 1.71. The molecule has 0 bridgehead atoms. The number of rotatable bonds is 2. The number of likely N-dealkylation sites (N-methyl/N-ethyl adjacent to an activating group) is 1. The van der Waals surface area contributed by atoms with E-state index in [4.69, 9.17) is 4.74 Å². The van der Waals surface area contributed by atoms with Crippen LogP contribution in [0.1, 0.15) is 17.5 Å². The van der Waals surface area contributed by atoms with Crippen molar-refractivity contribution in [3.8, 4) is 0 Å². The number of esters is 1. The second-order valence-corrected chi connectivity index (χ2v) is 4.27. The Morgan fingerprint density at radius 3 is 2.69 bits per heavy atom. The van der Waals surface area contributed by atoms with Gasteiger partial charge in [-0.2, -0.15) is 0 Å². The van der Waals surface area contributed by atoms with Gasteiger partial charge in [0.2, 0.25) is 0 Å². The molecular formula is C13H17NO2. The summed E-state index contributed by atoms with van der Waals surface area (Å²) < 4.78 is 4.90. The van der Waals surface area contributed by atoms with E-state index in [9.17, 15) is 4.79 Å². The summed E-state index contributed by atoms with van der Waals surface area (Å²) in [4.78, 5) is 11.8. The number of nitrogens with one attached hydrogen (secondary N) is 1. The summed E-state index contributed by atoms with van der Waals surface area (Å²) in [5.41, 5.74) is 2.05. The maximum Gasteiger partial charge on any atom is 0.326 e. The first kappa shape index (κ1) is 11.1. The van der Waals surface area contributed by atoms with Crippen molar-refractivity contribution in [2.45, 2.75) is 24.8 Å². The lowest BCUT2D eigenvalue weighted by atomic mass is 9.78. The van der Waals surface area contributed by atoms with Gasteiger partial charge in [-0.25, -0.2) is 0 Å². The Labute approximate surface area is 95.8 Å². The first-order chi connectivity index (χ1) is 7.72. The van der Waals surface area contributed by atoms with E-state index < -0.39 is 5.54 Å². The van der Waals surface area contributed by atoms with Gasteiger partial charge in [0.25, 0.3) is 0 Å². The Hall–Kier alpha value is -1.35. The highest BCUT2D eigenvalue weighted by Gasteiger charge is 2.40. The van der Waals surface area contributed by atoms with Gasteiger partial charge in [-0.15, -0.1) is 0 Å². The van der Waals surface area contributed by atoms with Gasteiger partial charge in [0.15, 0.2) is 0 Å². The van der Waals surface area contributed by atoms with Crippen molar-refractivity contribution in [1.82, 2.24) is 5.32 Å². The smallest absolute Gasteiger partial charge is 0.326 e. The molecule has 3 nitrogen and oxygen atoms in total. The lowest BCUT2D eigenvalue weighted by Crippen LogP contribution is -2.54. The van der Waals surface area contributed by atoms with Crippen LogP contribution in [0.3, 0.4) is 0 Å². The van der Waals surface area contributed by atoms with Gasteiger partial charge in [-0.3, -0.25) is 4.79 Å². The summed E-state index contributed by atoms with van der Waals surface area (Å²) >= 11 is 0. The topological polar surface area (TPSA) is 38.3 Å². The number of carbonyl (C=O) groups is 1. The number of hydrogen-bond acceptors (Lipinski definition) is 3. The molecule has 16 heavy (non-hydrogen) atoms. The van der Waals surface area contributed by atoms with Gasteiger partial charge in [-0.05, 0) is 31.0 Å². The Morgan fingerprint density at radius 1 is 1.38 bits per heavy atom. The standard InChI is InChI=1S/C13H17NO2/c1-14-13(12(15)16-2)8-7-10-5-3-4-6-11(10)9-13/h3-6,14H,7-9H2,1-2H3/t13-/m0/s1. The fourth-order valence-electron chi connectivity index (χ4n) is 2.42. The highest BCUT2D eigenvalue weighted by molar-refractivity contribution is 5.81. The molecule has 2 rings (SSSR count). The number of carbonyl (C=O) groups excluding carboxylic acids is 1. The Balaban J connectivity index is 2.32. The van der Waals surface area contributed by atoms with E-state index in [1.807, 2.05) is 19.2 Å². The molecule has 0 fully saturated rings. The molecule has 1 N–H and O–H groups in total. The SMILES string of the molecule is CN[C@@]1(C(=O)OC)CCc2ccccc2C1. The highest BCUT2D eigenvalue weighted by Crippen LogP contribution is 2.29. The normalized spacial score (nSPS) is 23.6. The summed E-state index contributed by atoms with van der Waals surface area (Å²) in [6.07, 6.45) is 2.44. The van der Waals surface area contributed by atoms with Crippen molar-refractivity contribution >= 4 is 5.97 Å². The first-order valence-electron chi connectivity index (χ1n) is 5.56. The summed E-state index contributed by atoms with van der Waals surface area (Å²) in [5.74, 6) is -0.162. The van der Waals surface area contributed by atoms with Crippen LogP contribution in [0.15, 0.2) is 24.3 Å². The molecule has 0 aromatic heterocycles. The summed E-state index contributed by atoms with van der Waals surface area (Å²) in [6, 6.07) is 8.28. The van der Waals surface area contributed by atoms with Crippen molar-refractivity contribution in [3.05, 3.63) is 35.4 Å². The fraction of sp³-hybridized carbons (Fsp3) is 0.462. The Morgan fingerprint density at radius 2 is 2.06 bits per heavy atom. The molecular weight excluding hydrogens is 202 g/mol. The van der Waals surface area contributed by atoms with Crippen LogP contribution < -0.4 is 5.32 Å². The minimum atomic E-state index is -0.539. The van der Waals surface area contributed by atoms with Gasteiger partial charge in [-0.1, -0.05) is 24.3 Å². The second-order valence-electron chi connectivity index (χ2n) is 4.27. The van der Waals surface area contributed by atoms with Crippen LogP contribution in [0.5, 0.6) is 0 Å². The number of hydrogen-bond donors (Lipinski definition) is 1. The highest BCUT2D eigenvalue weighted by atomic mass is 16.5. The number of ether oxygens (including phenoxy) is 1. The lowest BCUT2D eigenvalue weighted by molar-refractivity contribution is -0.149. The molecule has 0 aliphatic heterocycles. The molecule has 0 spiro atoms. The largest absolute Gasteiger partial charge is 0.468 e. The van der Waals surface area contributed by atoms with Gasteiger partial charge >= 0.3 is 5.97 Å². The van der Waals surface area contributed by atoms with Crippen molar-refractivity contribution in [2.24, 2.45) is 0 Å². The third-order valence-corrected chi connectivity index (χ3v) is 3.49. The zero-order valence-corrected chi connectivity index (χ0v) is 9.75. The summed E-state index contributed by atoms with van der Waals surface area (Å²) in [5, 5.41) is 3.13. The summed E-state index contributed by atoms with van der Waals surface area (Å²) in [7, 11) is 3.27. The maximum absolute atomic E-state index is 11.8. The van der Waals surface area contributed by atoms with Crippen LogP contribution in [0, 0.1) is 0 Å². The van der Waals surface area contributed by atoms with E-state index in [1.165, 1.54) is 18.2 Å². The number of methoxy groups -OCH3 is 1. The lowest BCUT2D eigenvalue weighted by Gasteiger charge is -2.35. The Kier molecular flexibility index (Phi) is 2.97. The van der Waals surface area contributed by atoms with Gasteiger partial charge in [0.05, 0.1) is 7.11 Å². The molecule has 0 radical (unpaired) electrons. The number of aryl methyl sites for hydroxylation is 1. The molecule has 0 unspecified atom stereocenters. The van der Waals surface area contributed by atoms with E-state index >= 15 is 0 Å². The van der Waals surface area contributed by atoms with Crippen LogP contribution in [0.4, 0.5) is 0 Å². The molecule has 3 heteroatoms.